The molecule has 6 heteroatoms. The molecule has 0 atom stereocenters. The smallest absolute Gasteiger partial charge is 0.272 e. The van der Waals surface area contributed by atoms with E-state index in [2.05, 4.69) is 17.1 Å². The molecule has 0 radical (unpaired) electrons. The van der Waals surface area contributed by atoms with Crippen LogP contribution < -0.4 is 5.32 Å². The van der Waals surface area contributed by atoms with Crippen LogP contribution in [0.5, 0.6) is 0 Å². The van der Waals surface area contributed by atoms with Crippen molar-refractivity contribution in [3.8, 4) is 0 Å². The van der Waals surface area contributed by atoms with Gasteiger partial charge in [0.25, 0.3) is 11.6 Å². The van der Waals surface area contributed by atoms with Crippen LogP contribution in [-0.2, 0) is 0 Å². The second-order valence-corrected chi connectivity index (χ2v) is 6.39. The minimum Gasteiger partial charge on any atom is -0.352 e. The molecule has 0 bridgehead atoms. The minimum absolute atomic E-state index is 0.0425. The number of nitro benzene ring substituents is 1. The van der Waals surface area contributed by atoms with Crippen LogP contribution in [0.1, 0.15) is 42.1 Å². The van der Waals surface area contributed by atoms with Gasteiger partial charge < -0.3 is 10.2 Å². The fourth-order valence-electron chi connectivity index (χ4n) is 2.89. The van der Waals surface area contributed by atoms with E-state index in [4.69, 9.17) is 0 Å². The summed E-state index contributed by atoms with van der Waals surface area (Å²) < 4.78 is 0. The van der Waals surface area contributed by atoms with Crippen molar-refractivity contribution >= 4 is 11.6 Å². The molecule has 1 fully saturated rings. The van der Waals surface area contributed by atoms with Crippen molar-refractivity contribution in [1.29, 1.82) is 0 Å². The van der Waals surface area contributed by atoms with Crippen LogP contribution in [0.4, 0.5) is 5.69 Å². The Morgan fingerprint density at radius 3 is 2.70 bits per heavy atom. The maximum Gasteiger partial charge on any atom is 0.272 e. The zero-order valence-corrected chi connectivity index (χ0v) is 13.9. The van der Waals surface area contributed by atoms with Gasteiger partial charge in [-0.15, -0.1) is 0 Å². The molecule has 0 saturated carbocycles. The lowest BCUT2D eigenvalue weighted by Gasteiger charge is -2.30. The molecule has 1 saturated heterocycles. The highest BCUT2D eigenvalue weighted by Gasteiger charge is 2.16. The van der Waals surface area contributed by atoms with Crippen molar-refractivity contribution in [3.63, 3.8) is 0 Å². The molecular formula is C17H25N3O3. The van der Waals surface area contributed by atoms with Crippen molar-refractivity contribution < 1.29 is 9.72 Å². The van der Waals surface area contributed by atoms with Gasteiger partial charge in [0.2, 0.25) is 0 Å². The van der Waals surface area contributed by atoms with E-state index in [0.717, 1.165) is 32.0 Å². The van der Waals surface area contributed by atoms with Gasteiger partial charge in [-0.25, -0.2) is 0 Å². The number of hydrogen-bond donors (Lipinski definition) is 1. The van der Waals surface area contributed by atoms with E-state index in [0.29, 0.717) is 17.7 Å². The van der Waals surface area contributed by atoms with E-state index in [1.165, 1.54) is 25.0 Å². The van der Waals surface area contributed by atoms with Crippen molar-refractivity contribution in [2.75, 3.05) is 26.2 Å². The maximum absolute atomic E-state index is 12.1. The van der Waals surface area contributed by atoms with Gasteiger partial charge in [0.15, 0.2) is 0 Å². The molecule has 126 valence electrons. The molecule has 0 aromatic heterocycles. The Balaban J connectivity index is 1.74. The molecule has 0 unspecified atom stereocenters. The quantitative estimate of drug-likeness (QED) is 0.497. The summed E-state index contributed by atoms with van der Waals surface area (Å²) in [5, 5.41) is 13.7. The summed E-state index contributed by atoms with van der Waals surface area (Å²) in [7, 11) is 0. The Morgan fingerprint density at radius 1 is 1.39 bits per heavy atom. The van der Waals surface area contributed by atoms with E-state index in [1.807, 2.05) is 0 Å². The molecule has 0 aliphatic carbocycles. The van der Waals surface area contributed by atoms with Crippen LogP contribution in [0.15, 0.2) is 18.2 Å². The topological polar surface area (TPSA) is 75.5 Å². The van der Waals surface area contributed by atoms with E-state index < -0.39 is 4.92 Å². The number of amides is 1. The zero-order chi connectivity index (χ0) is 16.8. The Labute approximate surface area is 137 Å². The molecule has 1 aromatic rings. The normalized spacial score (nSPS) is 16.3. The summed E-state index contributed by atoms with van der Waals surface area (Å²) in [4.78, 5) is 24.9. The lowest BCUT2D eigenvalue weighted by atomic mass is 9.99. The molecule has 1 heterocycles. The minimum atomic E-state index is -0.434. The average molecular weight is 319 g/mol. The first-order chi connectivity index (χ1) is 11.0. The van der Waals surface area contributed by atoms with Gasteiger partial charge in [-0.2, -0.15) is 0 Å². The number of aryl methyl sites for hydroxylation is 1. The number of nitrogens with zero attached hydrogens (tertiary/aromatic N) is 2. The van der Waals surface area contributed by atoms with Gasteiger partial charge in [-0.3, -0.25) is 14.9 Å². The van der Waals surface area contributed by atoms with Gasteiger partial charge in [0.1, 0.15) is 0 Å². The fourth-order valence-corrected chi connectivity index (χ4v) is 2.89. The number of carbonyl (C=O) groups is 1. The van der Waals surface area contributed by atoms with E-state index >= 15 is 0 Å². The second kappa shape index (κ2) is 8.06. The highest BCUT2D eigenvalue weighted by molar-refractivity contribution is 5.94. The molecule has 1 aromatic carbocycles. The van der Waals surface area contributed by atoms with Crippen molar-refractivity contribution in [1.82, 2.24) is 10.2 Å². The maximum atomic E-state index is 12.1. The standard InChI is InChI=1S/C17H25N3O3/c1-13-6-10-19(11-7-13)9-3-8-18-17(21)15-4-5-16(20(22)23)14(2)12-15/h4-5,12-13H,3,6-11H2,1-2H3,(H,18,21). The SMILES string of the molecule is Cc1cc(C(=O)NCCCN2CCC(C)CC2)ccc1[N+](=O)[O-]. The lowest BCUT2D eigenvalue weighted by molar-refractivity contribution is -0.385. The summed E-state index contributed by atoms with van der Waals surface area (Å²) >= 11 is 0. The third-order valence-electron chi connectivity index (χ3n) is 4.47. The molecule has 23 heavy (non-hydrogen) atoms. The molecule has 1 aliphatic rings. The highest BCUT2D eigenvalue weighted by Crippen LogP contribution is 2.19. The van der Waals surface area contributed by atoms with E-state index in [-0.39, 0.29) is 11.6 Å². The van der Waals surface area contributed by atoms with Gasteiger partial charge in [0.05, 0.1) is 4.92 Å². The van der Waals surface area contributed by atoms with Crippen LogP contribution in [-0.4, -0.2) is 41.9 Å². The van der Waals surface area contributed by atoms with Gasteiger partial charge in [-0.05, 0) is 63.9 Å². The number of benzene rings is 1. The first-order valence-electron chi connectivity index (χ1n) is 8.23. The predicted molar refractivity (Wildman–Crippen MR) is 89.6 cm³/mol. The fraction of sp³-hybridized carbons (Fsp3) is 0.588. The summed E-state index contributed by atoms with van der Waals surface area (Å²) in [6.07, 6.45) is 3.44. The molecule has 1 N–H and O–H groups in total. The van der Waals surface area contributed by atoms with E-state index in [9.17, 15) is 14.9 Å². The largest absolute Gasteiger partial charge is 0.352 e. The molecule has 1 aliphatic heterocycles. The average Bonchev–Trinajstić information content (AvgIpc) is 2.52. The van der Waals surface area contributed by atoms with E-state index in [1.54, 1.807) is 13.0 Å². The Hall–Kier alpha value is -1.95. The first-order valence-corrected chi connectivity index (χ1v) is 8.23. The Kier molecular flexibility index (Phi) is 6.10. The van der Waals surface area contributed by atoms with Crippen molar-refractivity contribution in [2.45, 2.75) is 33.1 Å². The molecule has 2 rings (SSSR count). The monoisotopic (exact) mass is 319 g/mol. The van der Waals surface area contributed by atoms with Crippen LogP contribution in [0.2, 0.25) is 0 Å². The van der Waals surface area contributed by atoms with Crippen molar-refractivity contribution in [2.24, 2.45) is 5.92 Å². The highest BCUT2D eigenvalue weighted by atomic mass is 16.6. The van der Waals surface area contributed by atoms with Gasteiger partial charge in [-0.1, -0.05) is 6.92 Å². The Bertz CT molecular complexity index is 566. The van der Waals surface area contributed by atoms with Crippen LogP contribution in [0.25, 0.3) is 0 Å². The third kappa shape index (κ3) is 5.03. The molecule has 1 amide bonds. The third-order valence-corrected chi connectivity index (χ3v) is 4.47. The van der Waals surface area contributed by atoms with Crippen LogP contribution >= 0.6 is 0 Å². The van der Waals surface area contributed by atoms with Crippen LogP contribution in [0.3, 0.4) is 0 Å². The van der Waals surface area contributed by atoms with Gasteiger partial charge >= 0.3 is 0 Å². The zero-order valence-electron chi connectivity index (χ0n) is 13.9. The summed E-state index contributed by atoms with van der Waals surface area (Å²) in [5.41, 5.74) is 1.02. The van der Waals surface area contributed by atoms with Crippen molar-refractivity contribution in [3.05, 3.63) is 39.4 Å². The number of likely N-dealkylation sites (tertiary alicyclic amines) is 1. The van der Waals surface area contributed by atoms with Crippen LogP contribution in [0, 0.1) is 23.0 Å². The number of piperidine rings is 1. The number of carbonyl (C=O) groups excluding carboxylic acids is 1. The van der Waals surface area contributed by atoms with Gasteiger partial charge in [0, 0.05) is 23.7 Å². The number of hydrogen-bond acceptors (Lipinski definition) is 4. The number of nitrogens with one attached hydrogen (secondary N) is 1. The number of rotatable bonds is 6. The molecule has 6 nitrogen and oxygen atoms in total. The molecular weight excluding hydrogens is 294 g/mol. The predicted octanol–water partition coefficient (Wildman–Crippen LogP) is 2.76. The Morgan fingerprint density at radius 2 is 2.09 bits per heavy atom. The second-order valence-electron chi connectivity index (χ2n) is 6.39. The summed E-state index contributed by atoms with van der Waals surface area (Å²) in [5.74, 6) is 0.659. The summed E-state index contributed by atoms with van der Waals surface area (Å²) in [6, 6.07) is 4.46. The first kappa shape index (κ1) is 17.4. The summed E-state index contributed by atoms with van der Waals surface area (Å²) in [6.45, 7) is 7.87. The number of nitro groups is 1. The molecule has 0 spiro atoms. The lowest BCUT2D eigenvalue weighted by Crippen LogP contribution is -2.35.